The molecule has 0 spiro atoms. The van der Waals surface area contributed by atoms with E-state index in [0.717, 1.165) is 0 Å². The van der Waals surface area contributed by atoms with Crippen LogP contribution in [0.25, 0.3) is 0 Å². The molecule has 0 radical (unpaired) electrons. The van der Waals surface area contributed by atoms with E-state index in [-0.39, 0.29) is 4.72 Å². The minimum Gasteiger partial charge on any atom is -0.263 e. The Kier molecular flexibility index (Phi) is 30.1. The molecular formula is C35H70F6NO3PS. The van der Waals surface area contributed by atoms with Crippen molar-refractivity contribution in [1.82, 2.24) is 4.72 Å². The van der Waals surface area contributed by atoms with E-state index in [9.17, 15) is 39.6 Å². The van der Waals surface area contributed by atoms with Crippen molar-refractivity contribution < 1.29 is 39.6 Å². The topological polar surface area (TPSA) is 63.2 Å². The van der Waals surface area contributed by atoms with Crippen molar-refractivity contribution in [2.24, 2.45) is 0 Å². The van der Waals surface area contributed by atoms with Gasteiger partial charge in [-0.2, -0.15) is 34.8 Å². The maximum Gasteiger partial charge on any atom is 0.516 e. The average Bonchev–Trinajstić information content (AvgIpc) is 2.99. The number of hydrogen-bond donors (Lipinski definition) is 1. The van der Waals surface area contributed by atoms with Crippen LogP contribution in [0.15, 0.2) is 0 Å². The van der Waals surface area contributed by atoms with Gasteiger partial charge in [-0.25, -0.2) is 4.72 Å². The van der Waals surface area contributed by atoms with Gasteiger partial charge in [-0.1, -0.05) is 0 Å². The van der Waals surface area contributed by atoms with Crippen LogP contribution in [0.5, 0.6) is 0 Å². The summed E-state index contributed by atoms with van der Waals surface area (Å²) in [5.41, 5.74) is -5.96. The fourth-order valence-corrected chi connectivity index (χ4v) is 12.1. The number of rotatable bonds is 29. The summed E-state index contributed by atoms with van der Waals surface area (Å²) in [5, 5.41) is 0. The van der Waals surface area contributed by atoms with Gasteiger partial charge < -0.3 is 0 Å². The quantitative estimate of drug-likeness (QED) is 0.0474. The van der Waals surface area contributed by atoms with Gasteiger partial charge in [-0.3, -0.25) is 4.79 Å². The third-order valence-corrected chi connectivity index (χ3v) is 15.8. The molecule has 1 N–H and O–H groups in total. The molecule has 47 heavy (non-hydrogen) atoms. The van der Waals surface area contributed by atoms with Crippen LogP contribution in [0.4, 0.5) is 26.3 Å². The van der Waals surface area contributed by atoms with Crippen molar-refractivity contribution in [3.63, 3.8) is 0 Å². The predicted molar refractivity (Wildman–Crippen MR) is 190 cm³/mol. The van der Waals surface area contributed by atoms with Gasteiger partial charge in [0.1, 0.15) is 0 Å². The van der Waals surface area contributed by atoms with Gasteiger partial charge in [-0.15, -0.1) is 0 Å². The maximum absolute atomic E-state index is 11.4. The van der Waals surface area contributed by atoms with Crippen LogP contribution in [0, 0.1) is 0 Å². The Morgan fingerprint density at radius 3 is 0.915 bits per heavy atom. The number of amides is 1. The van der Waals surface area contributed by atoms with E-state index in [2.05, 4.69) is 27.7 Å². The van der Waals surface area contributed by atoms with E-state index >= 15 is 0 Å². The Bertz CT molecular complexity index is 769. The van der Waals surface area contributed by atoms with E-state index < -0.39 is 34.9 Å². The second-order valence-corrected chi connectivity index (χ2v) is 20.1. The Labute approximate surface area is 285 Å². The third-order valence-electron chi connectivity index (χ3n) is 9.03. The fourth-order valence-electron chi connectivity index (χ4n) is 6.11. The second kappa shape index (κ2) is 29.2. The molecule has 0 bridgehead atoms. The molecule has 0 aromatic heterocycles. The van der Waals surface area contributed by atoms with Gasteiger partial charge in [0.15, 0.2) is 0 Å². The number of nitrogens with one attached hydrogen (secondary N) is 1. The summed E-state index contributed by atoms with van der Waals surface area (Å²) in [6, 6.07) is 0. The fraction of sp³-hybridized carbons (Fsp3) is 0.971. The number of unbranched alkanes of at least 4 members (excludes halogenated alkanes) is 20. The summed E-state index contributed by atoms with van der Waals surface area (Å²) in [6.07, 6.45) is 36.7. The van der Waals surface area contributed by atoms with E-state index in [1.165, 1.54) is 128 Å². The molecule has 0 aliphatic carbocycles. The van der Waals surface area contributed by atoms with E-state index in [0.29, 0.717) is 0 Å². The number of hydrogen-bond acceptors (Lipinski definition) is 3. The molecule has 12 heteroatoms. The zero-order valence-corrected chi connectivity index (χ0v) is 32.0. The smallest absolute Gasteiger partial charge is 0.263 e. The SMILES string of the molecule is CCCCCCCC[PH](CCCCCCCC)(CCCCCCCC)CCCCCCCC.O=C(NS(=O)(=O)C(F)(F)F)C(F)(F)F. The van der Waals surface area contributed by atoms with Gasteiger partial charge in [-0.05, 0) is 0 Å². The minimum absolute atomic E-state index is 0.181. The summed E-state index contributed by atoms with van der Waals surface area (Å²) in [6.45, 7) is 9.39. The molecule has 1 amide bonds. The average molecular weight is 730 g/mol. The molecule has 0 saturated carbocycles. The summed E-state index contributed by atoms with van der Waals surface area (Å²) < 4.78 is 87.9. The van der Waals surface area contributed by atoms with Gasteiger partial charge in [0.25, 0.3) is 0 Å². The van der Waals surface area contributed by atoms with E-state index in [1.54, 1.807) is 50.3 Å². The number of alkyl halides is 6. The molecule has 0 unspecified atom stereocenters. The normalized spacial score (nSPS) is 12.9. The molecule has 0 aromatic carbocycles. The molecular weight excluding hydrogens is 659 g/mol. The van der Waals surface area contributed by atoms with E-state index in [1.807, 2.05) is 0 Å². The molecule has 0 heterocycles. The number of halogens is 6. The molecule has 286 valence electrons. The van der Waals surface area contributed by atoms with Gasteiger partial charge in [0.05, 0.1) is 0 Å². The van der Waals surface area contributed by atoms with Crippen molar-refractivity contribution >= 4 is 23.2 Å². The number of carbonyl (C=O) groups is 1. The molecule has 0 rings (SSSR count). The van der Waals surface area contributed by atoms with Gasteiger partial charge in [0.2, 0.25) is 0 Å². The van der Waals surface area contributed by atoms with Crippen LogP contribution in [-0.4, -0.2) is 50.7 Å². The summed E-state index contributed by atoms with van der Waals surface area (Å²) in [5.74, 6) is -3.20. The molecule has 0 aromatic rings. The van der Waals surface area contributed by atoms with Crippen LogP contribution in [0.3, 0.4) is 0 Å². The largest absolute Gasteiger partial charge is 0.516 e. The predicted octanol–water partition coefficient (Wildman–Crippen LogP) is 12.7. The minimum atomic E-state index is -6.30. The van der Waals surface area contributed by atoms with Crippen molar-refractivity contribution in [1.29, 1.82) is 0 Å². The molecule has 0 aliphatic heterocycles. The Hall–Kier alpha value is -0.570. The van der Waals surface area contributed by atoms with Crippen molar-refractivity contribution in [3.8, 4) is 0 Å². The second-order valence-electron chi connectivity index (χ2n) is 13.4. The first kappa shape index (κ1) is 48.5. The first-order chi connectivity index (χ1) is 22.1. The van der Waals surface area contributed by atoms with Gasteiger partial charge in [0, 0.05) is 0 Å². The van der Waals surface area contributed by atoms with Gasteiger partial charge >= 0.3 is 241 Å². The van der Waals surface area contributed by atoms with Crippen molar-refractivity contribution in [2.45, 2.75) is 193 Å². The van der Waals surface area contributed by atoms with Crippen molar-refractivity contribution in [3.05, 3.63) is 0 Å². The molecule has 4 nitrogen and oxygen atoms in total. The molecule has 0 saturated heterocycles. The summed E-state index contributed by atoms with van der Waals surface area (Å²) in [7, 11) is -7.37. The monoisotopic (exact) mass is 729 g/mol. The van der Waals surface area contributed by atoms with E-state index in [4.69, 9.17) is 0 Å². The molecule has 0 aliphatic rings. The van der Waals surface area contributed by atoms with Crippen LogP contribution in [-0.2, 0) is 14.8 Å². The van der Waals surface area contributed by atoms with Crippen LogP contribution in [0.2, 0.25) is 0 Å². The first-order valence-electron chi connectivity index (χ1n) is 18.8. The Morgan fingerprint density at radius 2 is 0.702 bits per heavy atom. The molecule has 0 fully saturated rings. The third kappa shape index (κ3) is 27.9. The first-order valence-corrected chi connectivity index (χ1v) is 23.1. The zero-order chi connectivity index (χ0) is 36.1. The van der Waals surface area contributed by atoms with Crippen LogP contribution < -0.4 is 4.72 Å². The Morgan fingerprint density at radius 1 is 0.468 bits per heavy atom. The zero-order valence-electron chi connectivity index (χ0n) is 30.2. The Balaban J connectivity index is 0. The molecule has 0 atom stereocenters. The number of sulfonamides is 1. The van der Waals surface area contributed by atoms with Crippen LogP contribution >= 0.6 is 7.26 Å². The van der Waals surface area contributed by atoms with Crippen molar-refractivity contribution in [2.75, 3.05) is 24.6 Å². The standard InChI is InChI=1S/C32H69P.C3HF6NO3S/c1-5-9-13-17-21-25-29-33(30-26-22-18-14-10-6-2,31-27-23-19-15-11-7-3)32-28-24-20-16-12-8-4;4-2(5,6)1(11)10-14(12,13)3(7,8)9/h33H,5-32H2,1-4H3;(H,10,11). The number of carbonyl (C=O) groups excluding carboxylic acids is 1. The summed E-state index contributed by atoms with van der Waals surface area (Å²) in [4.78, 5) is 9.81. The van der Waals surface area contributed by atoms with Crippen LogP contribution in [0.1, 0.15) is 182 Å². The summed E-state index contributed by atoms with van der Waals surface area (Å²) >= 11 is 0. The maximum atomic E-state index is 11.4.